The molecule has 116 valence electrons. The number of imidazole rings is 1. The molecule has 1 N–H and O–H groups in total. The van der Waals surface area contributed by atoms with E-state index in [9.17, 15) is 14.7 Å². The van der Waals surface area contributed by atoms with Crippen molar-refractivity contribution in [2.75, 3.05) is 7.11 Å². The Kier molecular flexibility index (Phi) is 3.83. The van der Waals surface area contributed by atoms with Crippen LogP contribution >= 0.6 is 0 Å². The van der Waals surface area contributed by atoms with E-state index in [1.54, 1.807) is 22.7 Å². The van der Waals surface area contributed by atoms with Crippen LogP contribution in [0.5, 0.6) is 0 Å². The minimum absolute atomic E-state index is 0.0389. The van der Waals surface area contributed by atoms with Crippen molar-refractivity contribution in [3.05, 3.63) is 35.4 Å². The molecule has 1 aliphatic carbocycles. The highest BCUT2D eigenvalue weighted by Gasteiger charge is 2.25. The molecule has 0 radical (unpaired) electrons. The second-order valence-electron chi connectivity index (χ2n) is 5.62. The van der Waals surface area contributed by atoms with E-state index < -0.39 is 11.9 Å². The number of nitrogens with zero attached hydrogens (tertiary/aromatic N) is 2. The van der Waals surface area contributed by atoms with E-state index in [1.165, 1.54) is 13.5 Å². The van der Waals surface area contributed by atoms with E-state index in [4.69, 9.17) is 4.74 Å². The van der Waals surface area contributed by atoms with Crippen molar-refractivity contribution in [3.8, 4) is 0 Å². The second-order valence-corrected chi connectivity index (χ2v) is 5.62. The van der Waals surface area contributed by atoms with Crippen molar-refractivity contribution in [1.29, 1.82) is 0 Å². The molecule has 22 heavy (non-hydrogen) atoms. The summed E-state index contributed by atoms with van der Waals surface area (Å²) in [6.07, 6.45) is 7.09. The molecule has 6 nitrogen and oxygen atoms in total. The van der Waals surface area contributed by atoms with Gasteiger partial charge in [0.2, 0.25) is 0 Å². The molecule has 0 amide bonds. The lowest BCUT2D eigenvalue weighted by Crippen LogP contribution is -2.10. The summed E-state index contributed by atoms with van der Waals surface area (Å²) >= 11 is 0. The first-order chi connectivity index (χ1) is 10.6. The van der Waals surface area contributed by atoms with E-state index in [2.05, 4.69) is 4.98 Å². The van der Waals surface area contributed by atoms with Crippen LogP contribution in [0.25, 0.3) is 5.52 Å². The van der Waals surface area contributed by atoms with Crippen LogP contribution in [0.15, 0.2) is 18.3 Å². The van der Waals surface area contributed by atoms with E-state index in [0.717, 1.165) is 31.5 Å². The zero-order valence-electron chi connectivity index (χ0n) is 12.4. The summed E-state index contributed by atoms with van der Waals surface area (Å²) in [7, 11) is 1.32. The molecule has 2 aromatic heterocycles. The van der Waals surface area contributed by atoms with E-state index in [-0.39, 0.29) is 11.6 Å². The Morgan fingerprint density at radius 3 is 2.64 bits per heavy atom. The van der Waals surface area contributed by atoms with Crippen molar-refractivity contribution in [2.45, 2.75) is 38.0 Å². The number of fused-ring (bicyclic) bond motifs is 1. The van der Waals surface area contributed by atoms with Crippen LogP contribution in [0.2, 0.25) is 0 Å². The molecule has 0 aliphatic heterocycles. The van der Waals surface area contributed by atoms with Crippen LogP contribution in [0.3, 0.4) is 0 Å². The normalized spacial score (nSPS) is 15.9. The summed E-state index contributed by atoms with van der Waals surface area (Å²) in [5.74, 6) is -0.521. The molecule has 6 heteroatoms. The fraction of sp³-hybridized carbons (Fsp3) is 0.438. The van der Waals surface area contributed by atoms with Crippen LogP contribution in [0, 0.1) is 0 Å². The number of hydrogen-bond acceptors (Lipinski definition) is 4. The third kappa shape index (κ3) is 2.45. The number of carbonyl (C=O) groups excluding carboxylic acids is 1. The fourth-order valence-electron chi connectivity index (χ4n) is 3.15. The molecular formula is C16H18N2O4. The number of rotatable bonds is 3. The highest BCUT2D eigenvalue weighted by molar-refractivity contribution is 5.95. The van der Waals surface area contributed by atoms with Crippen molar-refractivity contribution in [1.82, 2.24) is 9.38 Å². The van der Waals surface area contributed by atoms with Gasteiger partial charge in [-0.3, -0.25) is 0 Å². The molecular weight excluding hydrogens is 284 g/mol. The summed E-state index contributed by atoms with van der Waals surface area (Å²) in [5, 5.41) is 9.35. The Hall–Kier alpha value is -2.37. The van der Waals surface area contributed by atoms with Crippen molar-refractivity contribution < 1.29 is 19.4 Å². The minimum Gasteiger partial charge on any atom is -0.476 e. The number of carboxylic acids is 1. The van der Waals surface area contributed by atoms with Crippen molar-refractivity contribution in [3.63, 3.8) is 0 Å². The van der Waals surface area contributed by atoms with Crippen LogP contribution in [0.1, 0.15) is 64.7 Å². The smallest absolute Gasteiger partial charge is 0.356 e. The zero-order valence-corrected chi connectivity index (χ0v) is 12.4. The van der Waals surface area contributed by atoms with Crippen LogP contribution < -0.4 is 0 Å². The lowest BCUT2D eigenvalue weighted by atomic mass is 9.89. The van der Waals surface area contributed by atoms with Gasteiger partial charge in [0.1, 0.15) is 5.82 Å². The van der Waals surface area contributed by atoms with Crippen LogP contribution in [-0.2, 0) is 4.74 Å². The Morgan fingerprint density at radius 1 is 1.27 bits per heavy atom. The van der Waals surface area contributed by atoms with E-state index in [1.807, 2.05) is 0 Å². The molecule has 2 aromatic rings. The van der Waals surface area contributed by atoms with Gasteiger partial charge in [0.25, 0.3) is 0 Å². The Balaban J connectivity index is 2.16. The molecule has 0 spiro atoms. The SMILES string of the molecule is COC(=O)c1ccc2c(C(=O)O)nc(C3CCCCC3)n2c1. The maximum atomic E-state index is 11.7. The number of methoxy groups -OCH3 is 1. The van der Waals surface area contributed by atoms with E-state index >= 15 is 0 Å². The lowest BCUT2D eigenvalue weighted by molar-refractivity contribution is 0.0599. The molecule has 0 atom stereocenters. The summed E-state index contributed by atoms with van der Waals surface area (Å²) in [6, 6.07) is 3.19. The molecule has 1 saturated carbocycles. The van der Waals surface area contributed by atoms with Gasteiger partial charge >= 0.3 is 11.9 Å². The summed E-state index contributed by atoms with van der Waals surface area (Å²) in [5.41, 5.74) is 0.944. The van der Waals surface area contributed by atoms with Gasteiger partial charge in [-0.2, -0.15) is 0 Å². The molecule has 0 aromatic carbocycles. The third-order valence-electron chi connectivity index (χ3n) is 4.26. The first-order valence-electron chi connectivity index (χ1n) is 7.45. The number of carboxylic acid groups (broad SMARTS) is 1. The number of aromatic nitrogens is 2. The Morgan fingerprint density at radius 2 is 2.00 bits per heavy atom. The van der Waals surface area contributed by atoms with Crippen LogP contribution in [0.4, 0.5) is 0 Å². The van der Waals surface area contributed by atoms with Crippen molar-refractivity contribution >= 4 is 17.5 Å². The molecule has 2 heterocycles. The number of pyridine rings is 1. The quantitative estimate of drug-likeness (QED) is 0.882. The van der Waals surface area contributed by atoms with Gasteiger partial charge in [-0.1, -0.05) is 19.3 Å². The molecule has 0 bridgehead atoms. The molecule has 3 rings (SSSR count). The fourth-order valence-corrected chi connectivity index (χ4v) is 3.15. The number of hydrogen-bond donors (Lipinski definition) is 1. The van der Waals surface area contributed by atoms with Gasteiger partial charge in [-0.25, -0.2) is 14.6 Å². The molecule has 1 aliphatic rings. The Labute approximate surface area is 127 Å². The number of ether oxygens (including phenoxy) is 1. The highest BCUT2D eigenvalue weighted by Crippen LogP contribution is 2.33. The molecule has 0 unspecified atom stereocenters. The first-order valence-corrected chi connectivity index (χ1v) is 7.45. The van der Waals surface area contributed by atoms with Gasteiger partial charge in [0.05, 0.1) is 18.2 Å². The summed E-state index contributed by atoms with van der Waals surface area (Å²) < 4.78 is 6.48. The lowest BCUT2D eigenvalue weighted by Gasteiger charge is -2.20. The number of carbonyl (C=O) groups is 2. The predicted octanol–water partition coefficient (Wildman–Crippen LogP) is 2.87. The second kappa shape index (κ2) is 5.79. The van der Waals surface area contributed by atoms with Gasteiger partial charge in [0.15, 0.2) is 5.69 Å². The van der Waals surface area contributed by atoms with Crippen LogP contribution in [-0.4, -0.2) is 33.5 Å². The monoisotopic (exact) mass is 302 g/mol. The zero-order chi connectivity index (χ0) is 15.7. The predicted molar refractivity (Wildman–Crippen MR) is 79.3 cm³/mol. The Bertz CT molecular complexity index is 729. The van der Waals surface area contributed by atoms with Gasteiger partial charge in [-0.15, -0.1) is 0 Å². The average molecular weight is 302 g/mol. The standard InChI is InChI=1S/C16H18N2O4/c1-22-16(21)11-7-8-12-13(15(19)20)17-14(18(12)9-11)10-5-3-2-4-6-10/h7-10H,2-6H2,1H3,(H,19,20). The maximum Gasteiger partial charge on any atom is 0.356 e. The summed E-state index contributed by atoms with van der Waals surface area (Å²) in [4.78, 5) is 27.5. The van der Waals surface area contributed by atoms with Gasteiger partial charge in [-0.05, 0) is 25.0 Å². The minimum atomic E-state index is -1.05. The maximum absolute atomic E-state index is 11.7. The molecule has 1 fully saturated rings. The molecule has 0 saturated heterocycles. The largest absolute Gasteiger partial charge is 0.476 e. The average Bonchev–Trinajstić information content (AvgIpc) is 2.94. The van der Waals surface area contributed by atoms with Gasteiger partial charge in [0, 0.05) is 12.1 Å². The first kappa shape index (κ1) is 14.6. The number of esters is 1. The number of aromatic carboxylic acids is 1. The highest BCUT2D eigenvalue weighted by atomic mass is 16.5. The third-order valence-corrected chi connectivity index (χ3v) is 4.26. The van der Waals surface area contributed by atoms with Gasteiger partial charge < -0.3 is 14.2 Å². The summed E-state index contributed by atoms with van der Waals surface area (Å²) in [6.45, 7) is 0. The topological polar surface area (TPSA) is 80.9 Å². The van der Waals surface area contributed by atoms with Crippen molar-refractivity contribution in [2.24, 2.45) is 0 Å². The van der Waals surface area contributed by atoms with E-state index in [0.29, 0.717) is 11.1 Å².